The SMILES string of the molecule is Cn1c(=O)n(C)c2cc(C(O)COc3ccc(CNC4CCCCCC4)cc3)ccc21. The fourth-order valence-corrected chi connectivity index (χ4v) is 4.45. The second kappa shape index (κ2) is 9.71. The molecule has 0 aliphatic heterocycles. The Morgan fingerprint density at radius 2 is 1.68 bits per heavy atom. The number of aliphatic hydroxyl groups excluding tert-OH is 1. The van der Waals surface area contributed by atoms with Gasteiger partial charge in [-0.1, -0.05) is 43.9 Å². The average molecular weight is 424 g/mol. The van der Waals surface area contributed by atoms with Crippen LogP contribution in [0.3, 0.4) is 0 Å². The third kappa shape index (κ3) is 5.02. The maximum Gasteiger partial charge on any atom is 0.328 e. The van der Waals surface area contributed by atoms with Crippen molar-refractivity contribution < 1.29 is 9.84 Å². The number of rotatable bonds is 7. The first kappa shape index (κ1) is 21.7. The number of imidazole rings is 1. The first-order valence-corrected chi connectivity index (χ1v) is 11.3. The predicted octanol–water partition coefficient (Wildman–Crippen LogP) is 3.80. The lowest BCUT2D eigenvalue weighted by molar-refractivity contribution is 0.108. The number of aryl methyl sites for hydroxylation is 2. The molecule has 2 aromatic carbocycles. The maximum atomic E-state index is 12.1. The van der Waals surface area contributed by atoms with E-state index >= 15 is 0 Å². The number of aliphatic hydroxyl groups is 1. The van der Waals surface area contributed by atoms with Gasteiger partial charge in [0, 0.05) is 26.7 Å². The summed E-state index contributed by atoms with van der Waals surface area (Å²) in [6.45, 7) is 1.04. The number of nitrogens with zero attached hydrogens (tertiary/aromatic N) is 2. The second-order valence-electron chi connectivity index (χ2n) is 8.69. The molecule has 0 spiro atoms. The summed E-state index contributed by atoms with van der Waals surface area (Å²) in [6, 6.07) is 14.3. The molecule has 1 aromatic heterocycles. The van der Waals surface area contributed by atoms with E-state index < -0.39 is 6.10 Å². The molecule has 3 aromatic rings. The minimum atomic E-state index is -0.767. The summed E-state index contributed by atoms with van der Waals surface area (Å²) in [5, 5.41) is 14.3. The van der Waals surface area contributed by atoms with Crippen molar-refractivity contribution in [3.63, 3.8) is 0 Å². The Morgan fingerprint density at radius 1 is 1.00 bits per heavy atom. The monoisotopic (exact) mass is 423 g/mol. The summed E-state index contributed by atoms with van der Waals surface area (Å²) in [6.07, 6.45) is 7.20. The van der Waals surface area contributed by atoms with E-state index in [0.717, 1.165) is 28.9 Å². The van der Waals surface area contributed by atoms with Gasteiger partial charge >= 0.3 is 5.69 Å². The minimum Gasteiger partial charge on any atom is -0.491 e. The van der Waals surface area contributed by atoms with Crippen LogP contribution in [0.25, 0.3) is 11.0 Å². The highest BCUT2D eigenvalue weighted by atomic mass is 16.5. The Morgan fingerprint density at radius 3 is 2.39 bits per heavy atom. The van der Waals surface area contributed by atoms with Gasteiger partial charge in [-0.05, 0) is 48.2 Å². The van der Waals surface area contributed by atoms with E-state index in [9.17, 15) is 9.90 Å². The van der Waals surface area contributed by atoms with Gasteiger partial charge in [-0.3, -0.25) is 9.13 Å². The number of nitrogens with one attached hydrogen (secondary N) is 1. The van der Waals surface area contributed by atoms with Crippen molar-refractivity contribution in [3.8, 4) is 5.75 Å². The molecular formula is C25H33N3O3. The van der Waals surface area contributed by atoms with Crippen LogP contribution in [0, 0.1) is 0 Å². The topological polar surface area (TPSA) is 68.4 Å². The number of aromatic nitrogens is 2. The lowest BCUT2D eigenvalue weighted by Gasteiger charge is -2.16. The summed E-state index contributed by atoms with van der Waals surface area (Å²) in [5.74, 6) is 0.741. The molecule has 4 rings (SSSR count). The van der Waals surface area contributed by atoms with Crippen LogP contribution in [-0.4, -0.2) is 26.9 Å². The summed E-state index contributed by atoms with van der Waals surface area (Å²) in [7, 11) is 3.49. The molecule has 31 heavy (non-hydrogen) atoms. The Bertz CT molecular complexity index is 1060. The average Bonchev–Trinajstić information content (AvgIpc) is 2.99. The van der Waals surface area contributed by atoms with Gasteiger partial charge in [0.15, 0.2) is 0 Å². The smallest absolute Gasteiger partial charge is 0.328 e. The highest BCUT2D eigenvalue weighted by Gasteiger charge is 2.14. The number of fused-ring (bicyclic) bond motifs is 1. The Balaban J connectivity index is 1.32. The van der Waals surface area contributed by atoms with Crippen molar-refractivity contribution in [2.45, 2.75) is 57.2 Å². The zero-order chi connectivity index (χ0) is 21.8. The van der Waals surface area contributed by atoms with Gasteiger partial charge < -0.3 is 15.2 Å². The Hall–Kier alpha value is -2.57. The summed E-state index contributed by atoms with van der Waals surface area (Å²) >= 11 is 0. The van der Waals surface area contributed by atoms with Crippen molar-refractivity contribution in [1.29, 1.82) is 0 Å². The van der Waals surface area contributed by atoms with E-state index in [0.29, 0.717) is 6.04 Å². The highest BCUT2D eigenvalue weighted by Crippen LogP contribution is 2.22. The van der Waals surface area contributed by atoms with E-state index in [4.69, 9.17) is 4.74 Å². The molecule has 1 aliphatic carbocycles. The molecule has 6 nitrogen and oxygen atoms in total. The van der Waals surface area contributed by atoms with E-state index in [1.165, 1.54) is 44.1 Å². The number of ether oxygens (including phenoxy) is 1. The molecule has 0 radical (unpaired) electrons. The van der Waals surface area contributed by atoms with Gasteiger partial charge in [-0.15, -0.1) is 0 Å². The molecule has 1 atom stereocenters. The van der Waals surface area contributed by atoms with Gasteiger partial charge in [0.05, 0.1) is 11.0 Å². The van der Waals surface area contributed by atoms with Crippen LogP contribution in [-0.2, 0) is 20.6 Å². The van der Waals surface area contributed by atoms with E-state index in [-0.39, 0.29) is 12.3 Å². The zero-order valence-corrected chi connectivity index (χ0v) is 18.5. The second-order valence-corrected chi connectivity index (χ2v) is 8.69. The van der Waals surface area contributed by atoms with Crippen LogP contribution in [0.5, 0.6) is 5.75 Å². The summed E-state index contributed by atoms with van der Waals surface area (Å²) in [5.41, 5.74) is 3.55. The van der Waals surface area contributed by atoms with Crippen molar-refractivity contribution >= 4 is 11.0 Å². The largest absolute Gasteiger partial charge is 0.491 e. The molecule has 0 bridgehead atoms. The van der Waals surface area contributed by atoms with Gasteiger partial charge in [0.1, 0.15) is 18.5 Å². The van der Waals surface area contributed by atoms with Crippen LogP contribution in [0.1, 0.15) is 55.8 Å². The van der Waals surface area contributed by atoms with Gasteiger partial charge in [-0.25, -0.2) is 4.79 Å². The van der Waals surface area contributed by atoms with E-state index in [1.807, 2.05) is 30.3 Å². The lowest BCUT2D eigenvalue weighted by Crippen LogP contribution is -2.27. The van der Waals surface area contributed by atoms with E-state index in [2.05, 4.69) is 17.4 Å². The van der Waals surface area contributed by atoms with E-state index in [1.54, 1.807) is 23.2 Å². The molecule has 1 fully saturated rings. The fourth-order valence-electron chi connectivity index (χ4n) is 4.45. The number of hydrogen-bond donors (Lipinski definition) is 2. The molecule has 1 aliphatic rings. The maximum absolute atomic E-state index is 12.1. The Labute approximate surface area is 183 Å². The van der Waals surface area contributed by atoms with Crippen LogP contribution in [0.4, 0.5) is 0 Å². The van der Waals surface area contributed by atoms with Gasteiger partial charge in [-0.2, -0.15) is 0 Å². The minimum absolute atomic E-state index is 0.0773. The molecule has 0 saturated heterocycles. The van der Waals surface area contributed by atoms with Gasteiger partial charge in [0.2, 0.25) is 0 Å². The number of benzene rings is 2. The molecule has 1 unspecified atom stereocenters. The molecule has 0 amide bonds. The third-order valence-corrected chi connectivity index (χ3v) is 6.46. The normalized spacial score (nSPS) is 16.4. The van der Waals surface area contributed by atoms with Crippen LogP contribution in [0.15, 0.2) is 47.3 Å². The zero-order valence-electron chi connectivity index (χ0n) is 18.5. The first-order valence-electron chi connectivity index (χ1n) is 11.3. The van der Waals surface area contributed by atoms with Crippen LogP contribution < -0.4 is 15.7 Å². The number of hydrogen-bond acceptors (Lipinski definition) is 4. The molecular weight excluding hydrogens is 390 g/mol. The third-order valence-electron chi connectivity index (χ3n) is 6.46. The van der Waals surface area contributed by atoms with Crippen molar-refractivity contribution in [1.82, 2.24) is 14.5 Å². The highest BCUT2D eigenvalue weighted by molar-refractivity contribution is 5.76. The lowest BCUT2D eigenvalue weighted by atomic mass is 10.1. The fraction of sp³-hybridized carbons (Fsp3) is 0.480. The standard InChI is InChI=1S/C25H33N3O3/c1-27-22-14-11-19(15-23(22)28(2)25(27)30)24(29)17-31-21-12-9-18(10-13-21)16-26-20-7-5-3-4-6-8-20/h9-15,20,24,26,29H,3-8,16-17H2,1-2H3. The molecule has 166 valence electrons. The van der Waals surface area contributed by atoms with Crippen molar-refractivity contribution in [2.75, 3.05) is 6.61 Å². The Kier molecular flexibility index (Phi) is 6.78. The summed E-state index contributed by atoms with van der Waals surface area (Å²) in [4.78, 5) is 12.1. The van der Waals surface area contributed by atoms with Crippen LogP contribution in [0.2, 0.25) is 0 Å². The predicted molar refractivity (Wildman–Crippen MR) is 123 cm³/mol. The molecule has 1 saturated carbocycles. The molecule has 2 N–H and O–H groups in total. The quantitative estimate of drug-likeness (QED) is 0.567. The van der Waals surface area contributed by atoms with Crippen molar-refractivity contribution in [2.24, 2.45) is 14.1 Å². The van der Waals surface area contributed by atoms with Crippen molar-refractivity contribution in [3.05, 3.63) is 64.1 Å². The van der Waals surface area contributed by atoms with Gasteiger partial charge in [0.25, 0.3) is 0 Å². The van der Waals surface area contributed by atoms with Crippen LogP contribution >= 0.6 is 0 Å². The first-order chi connectivity index (χ1) is 15.0. The molecule has 6 heteroatoms. The molecule has 1 heterocycles. The summed E-state index contributed by atoms with van der Waals surface area (Å²) < 4.78 is 9.01.